The molecule has 0 atom stereocenters. The van der Waals surface area contributed by atoms with Crippen LogP contribution in [0.5, 0.6) is 5.75 Å². The fraction of sp³-hybridized carbons (Fsp3) is 0.111. The van der Waals surface area contributed by atoms with Gasteiger partial charge in [0.25, 0.3) is 0 Å². The Morgan fingerprint density at radius 3 is 1.74 bits per heavy atom. The molecule has 0 spiro atoms. The molecule has 0 bridgehead atoms. The molecule has 1 heteroatoms. The molecule has 2 aromatic carbocycles. The number of benzene rings is 2. The van der Waals surface area contributed by atoms with Crippen molar-refractivity contribution in [2.24, 2.45) is 0 Å². The molecule has 0 aliphatic carbocycles. The predicted molar refractivity (Wildman–Crippen MR) is 82.0 cm³/mol. The van der Waals surface area contributed by atoms with Crippen molar-refractivity contribution < 1.29 is 5.11 Å². The van der Waals surface area contributed by atoms with E-state index in [9.17, 15) is 5.11 Å². The van der Waals surface area contributed by atoms with E-state index in [2.05, 4.69) is 37.3 Å². The van der Waals surface area contributed by atoms with E-state index in [0.29, 0.717) is 5.75 Å². The Morgan fingerprint density at radius 1 is 0.789 bits per heavy atom. The predicted octanol–water partition coefficient (Wildman–Crippen LogP) is 4.68. The molecule has 0 saturated heterocycles. The zero-order valence-corrected chi connectivity index (χ0v) is 11.1. The van der Waals surface area contributed by atoms with Gasteiger partial charge in [-0.15, -0.1) is 0 Å². The first-order valence-corrected chi connectivity index (χ1v) is 6.50. The first-order valence-electron chi connectivity index (χ1n) is 6.50. The van der Waals surface area contributed by atoms with Crippen LogP contribution in [0, 0.1) is 0 Å². The third-order valence-corrected chi connectivity index (χ3v) is 2.97. The highest BCUT2D eigenvalue weighted by Crippen LogP contribution is 2.11. The third kappa shape index (κ3) is 4.14. The Morgan fingerprint density at radius 2 is 1.26 bits per heavy atom. The second-order valence-corrected chi connectivity index (χ2v) is 4.40. The molecule has 0 aliphatic rings. The summed E-state index contributed by atoms with van der Waals surface area (Å²) < 4.78 is 0. The topological polar surface area (TPSA) is 20.2 Å². The van der Waals surface area contributed by atoms with Crippen LogP contribution in [0.1, 0.15) is 23.6 Å². The molecule has 2 aromatic rings. The summed E-state index contributed by atoms with van der Waals surface area (Å²) in [7, 11) is 0. The fourth-order valence-corrected chi connectivity index (χ4v) is 1.78. The van der Waals surface area contributed by atoms with E-state index in [1.807, 2.05) is 30.4 Å². The summed E-state index contributed by atoms with van der Waals surface area (Å²) in [4.78, 5) is 0. The van der Waals surface area contributed by atoms with Crippen LogP contribution in [-0.2, 0) is 6.42 Å². The summed E-state index contributed by atoms with van der Waals surface area (Å²) in [6.45, 7) is 2.16. The van der Waals surface area contributed by atoms with E-state index in [1.165, 1.54) is 11.1 Å². The molecular weight excluding hydrogens is 232 g/mol. The maximum atomic E-state index is 9.18. The second kappa shape index (κ2) is 6.60. The van der Waals surface area contributed by atoms with E-state index in [0.717, 1.165) is 12.0 Å². The molecule has 0 saturated carbocycles. The van der Waals surface area contributed by atoms with Gasteiger partial charge >= 0.3 is 0 Å². The molecule has 0 aromatic heterocycles. The quantitative estimate of drug-likeness (QED) is 0.781. The lowest BCUT2D eigenvalue weighted by Crippen LogP contribution is -1.78. The number of rotatable bonds is 4. The SMILES string of the molecule is CCc1ccc(C=CC=Cc2ccc(O)cc2)cc1. The number of hydrogen-bond donors (Lipinski definition) is 1. The number of hydrogen-bond acceptors (Lipinski definition) is 1. The van der Waals surface area contributed by atoms with Crippen molar-refractivity contribution in [2.45, 2.75) is 13.3 Å². The van der Waals surface area contributed by atoms with Gasteiger partial charge in [-0.1, -0.05) is 67.6 Å². The molecule has 0 radical (unpaired) electrons. The van der Waals surface area contributed by atoms with Crippen molar-refractivity contribution in [3.63, 3.8) is 0 Å². The van der Waals surface area contributed by atoms with Gasteiger partial charge in [-0.25, -0.2) is 0 Å². The normalized spacial score (nSPS) is 11.4. The first kappa shape index (κ1) is 13.2. The molecular formula is C18H18O. The maximum Gasteiger partial charge on any atom is 0.115 e. The summed E-state index contributed by atoms with van der Waals surface area (Å²) in [5.74, 6) is 0.295. The largest absolute Gasteiger partial charge is 0.508 e. The van der Waals surface area contributed by atoms with Crippen molar-refractivity contribution in [2.75, 3.05) is 0 Å². The number of phenolic OH excluding ortho intramolecular Hbond substituents is 1. The first-order chi connectivity index (χ1) is 9.28. The molecule has 19 heavy (non-hydrogen) atoms. The van der Waals surface area contributed by atoms with Crippen LogP contribution in [0.3, 0.4) is 0 Å². The standard InChI is InChI=1S/C18H18O/c1-2-15-7-9-16(10-8-15)5-3-4-6-17-11-13-18(19)14-12-17/h3-14,19H,2H2,1H3. The Bertz CT molecular complexity index is 560. The van der Waals surface area contributed by atoms with Crippen LogP contribution in [0.2, 0.25) is 0 Å². The van der Waals surface area contributed by atoms with Crippen molar-refractivity contribution in [1.29, 1.82) is 0 Å². The molecule has 0 heterocycles. The molecule has 96 valence electrons. The molecule has 2 rings (SSSR count). The zero-order chi connectivity index (χ0) is 13.5. The van der Waals surface area contributed by atoms with Gasteiger partial charge in [-0.05, 0) is 35.2 Å². The fourth-order valence-electron chi connectivity index (χ4n) is 1.78. The van der Waals surface area contributed by atoms with Gasteiger partial charge in [0, 0.05) is 0 Å². The second-order valence-electron chi connectivity index (χ2n) is 4.40. The minimum atomic E-state index is 0.295. The Balaban J connectivity index is 1.96. The molecule has 0 aliphatic heterocycles. The Kier molecular flexibility index (Phi) is 4.57. The lowest BCUT2D eigenvalue weighted by Gasteiger charge is -1.96. The molecule has 1 nitrogen and oxygen atoms in total. The van der Waals surface area contributed by atoms with E-state index < -0.39 is 0 Å². The zero-order valence-electron chi connectivity index (χ0n) is 11.1. The van der Waals surface area contributed by atoms with Crippen LogP contribution in [-0.4, -0.2) is 5.11 Å². The summed E-state index contributed by atoms with van der Waals surface area (Å²) in [6, 6.07) is 15.7. The van der Waals surface area contributed by atoms with E-state index >= 15 is 0 Å². The van der Waals surface area contributed by atoms with E-state index in [1.54, 1.807) is 12.1 Å². The van der Waals surface area contributed by atoms with Crippen LogP contribution >= 0.6 is 0 Å². The lowest BCUT2D eigenvalue weighted by molar-refractivity contribution is 0.475. The van der Waals surface area contributed by atoms with Crippen molar-refractivity contribution in [1.82, 2.24) is 0 Å². The highest BCUT2D eigenvalue weighted by molar-refractivity contribution is 5.57. The van der Waals surface area contributed by atoms with E-state index in [4.69, 9.17) is 0 Å². The van der Waals surface area contributed by atoms with Crippen LogP contribution in [0.15, 0.2) is 60.7 Å². The Labute approximate surface area is 114 Å². The number of aryl methyl sites for hydroxylation is 1. The van der Waals surface area contributed by atoms with Gasteiger partial charge in [-0.3, -0.25) is 0 Å². The van der Waals surface area contributed by atoms with Crippen LogP contribution in [0.4, 0.5) is 0 Å². The minimum absolute atomic E-state index is 0.295. The lowest BCUT2D eigenvalue weighted by atomic mass is 10.1. The van der Waals surface area contributed by atoms with Crippen molar-refractivity contribution in [3.05, 3.63) is 77.4 Å². The number of allylic oxidation sites excluding steroid dienone is 2. The average Bonchev–Trinajstić information content (AvgIpc) is 2.46. The van der Waals surface area contributed by atoms with Crippen LogP contribution in [0.25, 0.3) is 12.2 Å². The monoisotopic (exact) mass is 250 g/mol. The van der Waals surface area contributed by atoms with Crippen LogP contribution < -0.4 is 0 Å². The highest BCUT2D eigenvalue weighted by atomic mass is 16.3. The average molecular weight is 250 g/mol. The van der Waals surface area contributed by atoms with Gasteiger partial charge in [0.2, 0.25) is 0 Å². The third-order valence-electron chi connectivity index (χ3n) is 2.97. The van der Waals surface area contributed by atoms with E-state index in [-0.39, 0.29) is 0 Å². The van der Waals surface area contributed by atoms with Gasteiger partial charge in [0.15, 0.2) is 0 Å². The van der Waals surface area contributed by atoms with Gasteiger partial charge < -0.3 is 5.11 Å². The number of aromatic hydroxyl groups is 1. The molecule has 1 N–H and O–H groups in total. The van der Waals surface area contributed by atoms with Gasteiger partial charge in [-0.2, -0.15) is 0 Å². The number of phenols is 1. The summed E-state index contributed by atoms with van der Waals surface area (Å²) >= 11 is 0. The maximum absolute atomic E-state index is 9.18. The molecule has 0 amide bonds. The van der Waals surface area contributed by atoms with Gasteiger partial charge in [0.05, 0.1) is 0 Å². The van der Waals surface area contributed by atoms with Gasteiger partial charge in [0.1, 0.15) is 5.75 Å². The minimum Gasteiger partial charge on any atom is -0.508 e. The summed E-state index contributed by atoms with van der Waals surface area (Å²) in [6.07, 6.45) is 9.19. The smallest absolute Gasteiger partial charge is 0.115 e. The molecule has 0 unspecified atom stereocenters. The van der Waals surface area contributed by atoms with Crippen molar-refractivity contribution >= 4 is 12.2 Å². The summed E-state index contributed by atoms with van der Waals surface area (Å²) in [5, 5.41) is 9.18. The Hall–Kier alpha value is -2.28. The highest BCUT2D eigenvalue weighted by Gasteiger charge is 1.88. The van der Waals surface area contributed by atoms with Crippen molar-refractivity contribution in [3.8, 4) is 5.75 Å². The molecule has 0 fully saturated rings. The summed E-state index contributed by atoms with van der Waals surface area (Å²) in [5.41, 5.74) is 3.63.